The molecular weight excluding hydrogens is 206 g/mol. The predicted molar refractivity (Wildman–Crippen MR) is 73.5 cm³/mol. The van der Waals surface area contributed by atoms with Gasteiger partial charge in [-0.05, 0) is 43.4 Å². The average Bonchev–Trinajstić information content (AvgIpc) is 2.36. The first-order chi connectivity index (χ1) is 8.17. The van der Waals surface area contributed by atoms with Gasteiger partial charge in [0.2, 0.25) is 0 Å². The molecule has 0 aliphatic heterocycles. The van der Waals surface area contributed by atoms with Crippen LogP contribution in [-0.2, 0) is 0 Å². The quantitative estimate of drug-likeness (QED) is 0.623. The van der Waals surface area contributed by atoms with Crippen molar-refractivity contribution in [1.29, 1.82) is 5.26 Å². The lowest BCUT2D eigenvalue weighted by Crippen LogP contribution is -2.20. The van der Waals surface area contributed by atoms with Crippen molar-refractivity contribution in [3.05, 3.63) is 0 Å². The summed E-state index contributed by atoms with van der Waals surface area (Å²) in [6.45, 7) is 7.10. The van der Waals surface area contributed by atoms with Crippen LogP contribution in [-0.4, -0.2) is 0 Å². The lowest BCUT2D eigenvalue weighted by atomic mass is 9.75. The Balaban J connectivity index is 2.20. The number of nitriles is 1. The van der Waals surface area contributed by atoms with Crippen LogP contribution in [0.5, 0.6) is 0 Å². The molecule has 0 aromatic rings. The van der Waals surface area contributed by atoms with Gasteiger partial charge < -0.3 is 0 Å². The minimum atomic E-state index is 0.359. The van der Waals surface area contributed by atoms with Gasteiger partial charge in [0.25, 0.3) is 0 Å². The molecule has 0 radical (unpaired) electrons. The highest BCUT2D eigenvalue weighted by molar-refractivity contribution is 4.88. The van der Waals surface area contributed by atoms with Crippen LogP contribution >= 0.6 is 0 Å². The molecule has 1 nitrogen and oxygen atoms in total. The number of hydrogen-bond acceptors (Lipinski definition) is 1. The second-order valence-corrected chi connectivity index (χ2v) is 6.19. The summed E-state index contributed by atoms with van der Waals surface area (Å²) in [6, 6.07) is 2.43. The number of nitrogens with zero attached hydrogens (tertiary/aromatic N) is 1. The standard InChI is InChI=1S/C16H29N/c1-4-5-13(2)6-7-14(3)16-10-8-15(12-17)9-11-16/h13-16H,4-11H2,1-3H3. The van der Waals surface area contributed by atoms with E-state index in [9.17, 15) is 0 Å². The van der Waals surface area contributed by atoms with Crippen molar-refractivity contribution in [2.24, 2.45) is 23.7 Å². The molecule has 1 rings (SSSR count). The Labute approximate surface area is 108 Å². The smallest absolute Gasteiger partial charge is 0.0655 e. The SMILES string of the molecule is CCCC(C)CCC(C)C1CCC(C#N)CC1. The molecule has 2 unspecified atom stereocenters. The first-order valence-corrected chi connectivity index (χ1v) is 7.57. The van der Waals surface area contributed by atoms with E-state index in [0.29, 0.717) is 5.92 Å². The van der Waals surface area contributed by atoms with E-state index in [2.05, 4.69) is 26.8 Å². The highest BCUT2D eigenvalue weighted by Gasteiger charge is 2.24. The lowest BCUT2D eigenvalue weighted by Gasteiger charge is -2.30. The third kappa shape index (κ3) is 5.11. The highest BCUT2D eigenvalue weighted by Crippen LogP contribution is 2.35. The van der Waals surface area contributed by atoms with Gasteiger partial charge in [-0.1, -0.05) is 46.5 Å². The van der Waals surface area contributed by atoms with Gasteiger partial charge in [-0.25, -0.2) is 0 Å². The van der Waals surface area contributed by atoms with Crippen LogP contribution < -0.4 is 0 Å². The molecule has 17 heavy (non-hydrogen) atoms. The van der Waals surface area contributed by atoms with Crippen LogP contribution in [0.25, 0.3) is 0 Å². The third-order valence-corrected chi connectivity index (χ3v) is 4.66. The highest BCUT2D eigenvalue weighted by atomic mass is 14.3. The number of hydrogen-bond donors (Lipinski definition) is 0. The largest absolute Gasteiger partial charge is 0.198 e. The summed E-state index contributed by atoms with van der Waals surface area (Å²) < 4.78 is 0. The fourth-order valence-electron chi connectivity index (χ4n) is 3.24. The first kappa shape index (κ1) is 14.6. The van der Waals surface area contributed by atoms with E-state index in [0.717, 1.165) is 30.6 Å². The van der Waals surface area contributed by atoms with E-state index in [-0.39, 0.29) is 0 Å². The fraction of sp³-hybridized carbons (Fsp3) is 0.938. The van der Waals surface area contributed by atoms with Crippen LogP contribution in [0.4, 0.5) is 0 Å². The van der Waals surface area contributed by atoms with Gasteiger partial charge in [-0.15, -0.1) is 0 Å². The molecule has 0 bridgehead atoms. The molecule has 0 heterocycles. The maximum absolute atomic E-state index is 8.90. The monoisotopic (exact) mass is 235 g/mol. The summed E-state index contributed by atoms with van der Waals surface area (Å²) in [5.74, 6) is 3.03. The van der Waals surface area contributed by atoms with Crippen molar-refractivity contribution < 1.29 is 0 Å². The first-order valence-electron chi connectivity index (χ1n) is 7.57. The van der Waals surface area contributed by atoms with Crippen molar-refractivity contribution >= 4 is 0 Å². The Kier molecular flexibility index (Phi) is 6.63. The molecule has 0 amide bonds. The van der Waals surface area contributed by atoms with E-state index >= 15 is 0 Å². The van der Waals surface area contributed by atoms with Crippen molar-refractivity contribution in [3.8, 4) is 6.07 Å². The van der Waals surface area contributed by atoms with Crippen molar-refractivity contribution in [2.45, 2.75) is 72.1 Å². The molecule has 0 aromatic carbocycles. The fourth-order valence-corrected chi connectivity index (χ4v) is 3.24. The summed E-state index contributed by atoms with van der Waals surface area (Å²) >= 11 is 0. The van der Waals surface area contributed by atoms with Crippen molar-refractivity contribution in [2.75, 3.05) is 0 Å². The Bertz CT molecular complexity index is 232. The van der Waals surface area contributed by atoms with Crippen molar-refractivity contribution in [1.82, 2.24) is 0 Å². The van der Waals surface area contributed by atoms with E-state index in [1.165, 1.54) is 38.5 Å². The van der Waals surface area contributed by atoms with E-state index < -0.39 is 0 Å². The Hall–Kier alpha value is -0.510. The van der Waals surface area contributed by atoms with E-state index in [1.807, 2.05) is 0 Å². The summed E-state index contributed by atoms with van der Waals surface area (Å²) in [4.78, 5) is 0. The molecule has 98 valence electrons. The Morgan fingerprint density at radius 2 is 1.71 bits per heavy atom. The lowest BCUT2D eigenvalue weighted by molar-refractivity contribution is 0.219. The van der Waals surface area contributed by atoms with E-state index in [1.54, 1.807) is 0 Å². The second-order valence-electron chi connectivity index (χ2n) is 6.19. The van der Waals surface area contributed by atoms with Crippen LogP contribution in [0.3, 0.4) is 0 Å². The van der Waals surface area contributed by atoms with Gasteiger partial charge in [-0.3, -0.25) is 0 Å². The Morgan fingerprint density at radius 1 is 1.06 bits per heavy atom. The van der Waals surface area contributed by atoms with Gasteiger partial charge in [0.1, 0.15) is 0 Å². The van der Waals surface area contributed by atoms with Crippen LogP contribution in [0.15, 0.2) is 0 Å². The summed E-state index contributed by atoms with van der Waals surface area (Å²) in [5.41, 5.74) is 0. The minimum Gasteiger partial charge on any atom is -0.198 e. The van der Waals surface area contributed by atoms with Crippen LogP contribution in [0.1, 0.15) is 72.1 Å². The zero-order valence-corrected chi connectivity index (χ0v) is 11.9. The maximum Gasteiger partial charge on any atom is 0.0655 e. The predicted octanol–water partition coefficient (Wildman–Crippen LogP) is 5.17. The van der Waals surface area contributed by atoms with Crippen molar-refractivity contribution in [3.63, 3.8) is 0 Å². The minimum absolute atomic E-state index is 0.359. The summed E-state index contributed by atoms with van der Waals surface area (Å²) in [6.07, 6.45) is 10.4. The zero-order valence-electron chi connectivity index (χ0n) is 11.9. The molecular formula is C16H29N. The zero-order chi connectivity index (χ0) is 12.7. The van der Waals surface area contributed by atoms with Gasteiger partial charge in [0.15, 0.2) is 0 Å². The molecule has 1 aliphatic rings. The Morgan fingerprint density at radius 3 is 2.24 bits per heavy atom. The molecule has 1 fully saturated rings. The topological polar surface area (TPSA) is 23.8 Å². The maximum atomic E-state index is 8.90. The molecule has 1 heteroatoms. The van der Waals surface area contributed by atoms with Gasteiger partial charge >= 0.3 is 0 Å². The molecule has 1 aliphatic carbocycles. The summed E-state index contributed by atoms with van der Waals surface area (Å²) in [7, 11) is 0. The molecule has 2 atom stereocenters. The molecule has 0 N–H and O–H groups in total. The number of rotatable bonds is 6. The van der Waals surface area contributed by atoms with Gasteiger partial charge in [0.05, 0.1) is 6.07 Å². The summed E-state index contributed by atoms with van der Waals surface area (Å²) in [5, 5.41) is 8.90. The molecule has 0 saturated heterocycles. The molecule has 1 saturated carbocycles. The van der Waals surface area contributed by atoms with Crippen LogP contribution in [0.2, 0.25) is 0 Å². The molecule has 0 spiro atoms. The van der Waals surface area contributed by atoms with Crippen LogP contribution in [0, 0.1) is 35.0 Å². The normalized spacial score (nSPS) is 28.4. The van der Waals surface area contributed by atoms with E-state index in [4.69, 9.17) is 5.26 Å². The molecule has 0 aromatic heterocycles. The third-order valence-electron chi connectivity index (χ3n) is 4.66. The second kappa shape index (κ2) is 7.75. The van der Waals surface area contributed by atoms with Gasteiger partial charge in [-0.2, -0.15) is 5.26 Å². The average molecular weight is 235 g/mol. The van der Waals surface area contributed by atoms with Gasteiger partial charge in [0, 0.05) is 5.92 Å².